The quantitative estimate of drug-likeness (QED) is 0.309. The van der Waals surface area contributed by atoms with Crippen LogP contribution >= 0.6 is 15.9 Å². The van der Waals surface area contributed by atoms with E-state index in [1.54, 1.807) is 18.3 Å². The van der Waals surface area contributed by atoms with Crippen LogP contribution in [-0.4, -0.2) is 39.6 Å². The van der Waals surface area contributed by atoms with Crippen molar-refractivity contribution in [1.82, 2.24) is 25.2 Å². The van der Waals surface area contributed by atoms with Crippen LogP contribution in [0.2, 0.25) is 0 Å². The standard InChI is InChI=1S/C25H25BrN6O2.CH4/c1-15-11-16(3-5-20(15)26)30-25-31-21-12-18(4-6-23(21)32(25)2)34-19-8-10-28-22(13-19)24(33)29-17-7-9-27-14-17;/h3-6,8,10-13,17,27H,7,9,14H2,1-2H3,(H,29,33)(H,30,31);1H4/t17-;/m1./s1. The van der Waals surface area contributed by atoms with Crippen molar-refractivity contribution in [2.45, 2.75) is 26.8 Å². The van der Waals surface area contributed by atoms with E-state index >= 15 is 0 Å². The summed E-state index contributed by atoms with van der Waals surface area (Å²) in [7, 11) is 1.97. The lowest BCUT2D eigenvalue weighted by molar-refractivity contribution is 0.0934. The van der Waals surface area contributed by atoms with Crippen LogP contribution in [0.15, 0.2) is 59.2 Å². The highest BCUT2D eigenvalue weighted by Crippen LogP contribution is 2.29. The van der Waals surface area contributed by atoms with E-state index in [2.05, 4.69) is 42.9 Å². The van der Waals surface area contributed by atoms with Crippen molar-refractivity contribution >= 4 is 44.5 Å². The SMILES string of the molecule is C.Cc1cc(Nc2nc3cc(Oc4ccnc(C(=O)N[C@@H]5CCNC5)c4)ccc3n2C)ccc1Br. The number of pyridine rings is 1. The number of carbonyl (C=O) groups excluding carboxylic acids is 1. The van der Waals surface area contributed by atoms with E-state index in [-0.39, 0.29) is 19.4 Å². The molecule has 0 unspecified atom stereocenters. The number of nitrogens with one attached hydrogen (secondary N) is 3. The van der Waals surface area contributed by atoms with Crippen molar-refractivity contribution in [3.05, 3.63) is 70.5 Å². The molecule has 1 atom stereocenters. The second-order valence-corrected chi connectivity index (χ2v) is 9.23. The fourth-order valence-corrected chi connectivity index (χ4v) is 4.23. The smallest absolute Gasteiger partial charge is 0.270 e. The molecule has 1 aliphatic rings. The average Bonchev–Trinajstić information content (AvgIpc) is 3.44. The number of benzene rings is 2. The molecule has 1 fully saturated rings. The summed E-state index contributed by atoms with van der Waals surface area (Å²) in [5.41, 5.74) is 4.22. The second-order valence-electron chi connectivity index (χ2n) is 8.38. The van der Waals surface area contributed by atoms with Gasteiger partial charge in [0.15, 0.2) is 0 Å². The first kappa shape index (κ1) is 24.7. The highest BCUT2D eigenvalue weighted by Gasteiger charge is 2.18. The van der Waals surface area contributed by atoms with Crippen molar-refractivity contribution in [2.24, 2.45) is 7.05 Å². The van der Waals surface area contributed by atoms with Crippen LogP contribution in [0.4, 0.5) is 11.6 Å². The third kappa shape index (κ3) is 5.47. The van der Waals surface area contributed by atoms with Crippen LogP contribution < -0.4 is 20.7 Å². The Hall–Kier alpha value is -3.43. The van der Waals surface area contributed by atoms with Gasteiger partial charge < -0.3 is 25.3 Å². The maximum absolute atomic E-state index is 12.5. The molecule has 5 rings (SSSR count). The van der Waals surface area contributed by atoms with E-state index in [1.165, 1.54) is 0 Å². The predicted octanol–water partition coefficient (Wildman–Crippen LogP) is 5.30. The Morgan fingerprint density at radius 1 is 1.17 bits per heavy atom. The van der Waals surface area contributed by atoms with Crippen LogP contribution in [0, 0.1) is 6.92 Å². The molecular weight excluding hydrogens is 508 g/mol. The molecule has 35 heavy (non-hydrogen) atoms. The molecule has 0 bridgehead atoms. The molecule has 0 aliphatic carbocycles. The first-order valence-corrected chi connectivity index (χ1v) is 11.9. The third-order valence-corrected chi connectivity index (χ3v) is 6.75. The van der Waals surface area contributed by atoms with Gasteiger partial charge >= 0.3 is 0 Å². The number of fused-ring (bicyclic) bond motifs is 1. The Morgan fingerprint density at radius 2 is 2.00 bits per heavy atom. The Morgan fingerprint density at radius 3 is 2.77 bits per heavy atom. The van der Waals surface area contributed by atoms with Crippen molar-refractivity contribution in [3.63, 3.8) is 0 Å². The number of carbonyl (C=O) groups is 1. The van der Waals surface area contributed by atoms with Crippen LogP contribution in [0.5, 0.6) is 11.5 Å². The number of aryl methyl sites for hydroxylation is 2. The van der Waals surface area contributed by atoms with E-state index < -0.39 is 0 Å². The summed E-state index contributed by atoms with van der Waals surface area (Å²) in [5, 5.41) is 9.62. The first-order valence-electron chi connectivity index (χ1n) is 11.1. The van der Waals surface area contributed by atoms with Gasteiger partial charge in [0.1, 0.15) is 17.2 Å². The summed E-state index contributed by atoms with van der Waals surface area (Å²) >= 11 is 3.53. The molecule has 2 aromatic heterocycles. The van der Waals surface area contributed by atoms with Crippen molar-refractivity contribution < 1.29 is 9.53 Å². The number of nitrogens with zero attached hydrogens (tertiary/aromatic N) is 3. The molecule has 0 radical (unpaired) electrons. The Bertz CT molecular complexity index is 1360. The van der Waals surface area contributed by atoms with Crippen LogP contribution in [0.3, 0.4) is 0 Å². The van der Waals surface area contributed by atoms with Crippen molar-refractivity contribution in [1.29, 1.82) is 0 Å². The van der Waals surface area contributed by atoms with Gasteiger partial charge in [-0.25, -0.2) is 4.98 Å². The van der Waals surface area contributed by atoms with Crippen LogP contribution in [0.25, 0.3) is 11.0 Å². The Kier molecular flexibility index (Phi) is 7.37. The lowest BCUT2D eigenvalue weighted by atomic mass is 10.2. The van der Waals surface area contributed by atoms with Gasteiger partial charge in [-0.3, -0.25) is 9.78 Å². The molecule has 0 saturated carbocycles. The molecule has 182 valence electrons. The van der Waals surface area contributed by atoms with Crippen LogP contribution in [-0.2, 0) is 7.05 Å². The molecule has 4 aromatic rings. The number of ether oxygens (including phenoxy) is 1. The fourth-order valence-electron chi connectivity index (χ4n) is 3.98. The molecule has 1 amide bonds. The maximum Gasteiger partial charge on any atom is 0.270 e. The highest BCUT2D eigenvalue weighted by atomic mass is 79.9. The lowest BCUT2D eigenvalue weighted by Gasteiger charge is -2.11. The average molecular weight is 537 g/mol. The molecule has 3 heterocycles. The summed E-state index contributed by atoms with van der Waals surface area (Å²) in [6, 6.07) is 15.4. The number of amides is 1. The number of imidazole rings is 1. The number of hydrogen-bond donors (Lipinski definition) is 3. The molecule has 0 spiro atoms. The molecule has 9 heteroatoms. The van der Waals surface area contributed by atoms with Gasteiger partial charge in [0.2, 0.25) is 5.95 Å². The summed E-state index contributed by atoms with van der Waals surface area (Å²) in [6.07, 6.45) is 2.50. The Balaban J connectivity index is 0.00000289. The molecule has 1 saturated heterocycles. The minimum Gasteiger partial charge on any atom is -0.457 e. The zero-order valence-corrected chi connectivity index (χ0v) is 20.5. The van der Waals surface area contributed by atoms with Gasteiger partial charge in [-0.05, 0) is 61.9 Å². The first-order chi connectivity index (χ1) is 16.5. The molecular formula is C26H29BrN6O2. The van der Waals surface area contributed by atoms with Gasteiger partial charge in [0, 0.05) is 48.1 Å². The predicted molar refractivity (Wildman–Crippen MR) is 143 cm³/mol. The third-order valence-electron chi connectivity index (χ3n) is 5.86. The minimum atomic E-state index is -0.196. The van der Waals surface area contributed by atoms with E-state index in [4.69, 9.17) is 9.72 Å². The number of aromatic nitrogens is 3. The van der Waals surface area contributed by atoms with E-state index in [9.17, 15) is 4.79 Å². The summed E-state index contributed by atoms with van der Waals surface area (Å²) in [6.45, 7) is 3.75. The van der Waals surface area contributed by atoms with Crippen molar-refractivity contribution in [3.8, 4) is 11.5 Å². The van der Waals surface area contributed by atoms with E-state index in [1.807, 2.05) is 48.9 Å². The largest absolute Gasteiger partial charge is 0.457 e. The minimum absolute atomic E-state index is 0. The van der Waals surface area contributed by atoms with Gasteiger partial charge in [-0.2, -0.15) is 0 Å². The fraction of sp³-hybridized carbons (Fsp3) is 0.269. The van der Waals surface area contributed by atoms with Gasteiger partial charge in [-0.1, -0.05) is 23.4 Å². The zero-order valence-electron chi connectivity index (χ0n) is 18.9. The van der Waals surface area contributed by atoms with Gasteiger partial charge in [-0.15, -0.1) is 0 Å². The number of rotatable bonds is 6. The lowest BCUT2D eigenvalue weighted by Crippen LogP contribution is -2.36. The normalized spacial score (nSPS) is 15.0. The summed E-state index contributed by atoms with van der Waals surface area (Å²) in [4.78, 5) is 21.5. The molecule has 8 nitrogen and oxygen atoms in total. The maximum atomic E-state index is 12.5. The van der Waals surface area contributed by atoms with Gasteiger partial charge in [0.05, 0.1) is 11.0 Å². The number of hydrogen-bond acceptors (Lipinski definition) is 6. The molecule has 2 aromatic carbocycles. The zero-order chi connectivity index (χ0) is 23.7. The van der Waals surface area contributed by atoms with Crippen molar-refractivity contribution in [2.75, 3.05) is 18.4 Å². The topological polar surface area (TPSA) is 93.1 Å². The second kappa shape index (κ2) is 10.5. The highest BCUT2D eigenvalue weighted by molar-refractivity contribution is 9.10. The summed E-state index contributed by atoms with van der Waals surface area (Å²) < 4.78 is 9.11. The van der Waals surface area contributed by atoms with E-state index in [0.29, 0.717) is 17.2 Å². The monoisotopic (exact) mass is 536 g/mol. The summed E-state index contributed by atoms with van der Waals surface area (Å²) in [5.74, 6) is 1.72. The van der Waals surface area contributed by atoms with Crippen LogP contribution in [0.1, 0.15) is 29.9 Å². The molecule has 1 aliphatic heterocycles. The van der Waals surface area contributed by atoms with E-state index in [0.717, 1.165) is 52.2 Å². The number of halogens is 1. The number of anilines is 2. The molecule has 3 N–H and O–H groups in total. The van der Waals surface area contributed by atoms with Gasteiger partial charge in [0.25, 0.3) is 5.91 Å². The Labute approximate surface area is 213 Å².